The van der Waals surface area contributed by atoms with Crippen molar-refractivity contribution in [2.24, 2.45) is 7.05 Å². The molecule has 1 aliphatic rings. The van der Waals surface area contributed by atoms with E-state index in [-0.39, 0.29) is 18.0 Å². The van der Waals surface area contributed by atoms with Crippen LogP contribution in [0.5, 0.6) is 0 Å². The summed E-state index contributed by atoms with van der Waals surface area (Å²) in [5, 5.41) is 6.40. The highest BCUT2D eigenvalue weighted by Gasteiger charge is 2.32. The molecule has 0 unspecified atom stereocenters. The Kier molecular flexibility index (Phi) is 3.79. The van der Waals surface area contributed by atoms with Gasteiger partial charge in [0.1, 0.15) is 0 Å². The van der Waals surface area contributed by atoms with Crippen LogP contribution >= 0.6 is 0 Å². The first-order valence-electron chi connectivity index (χ1n) is 7.37. The molecular formula is C15H20N6O. The van der Waals surface area contributed by atoms with E-state index in [1.54, 1.807) is 12.5 Å². The highest BCUT2D eigenvalue weighted by atomic mass is 16.1. The van der Waals surface area contributed by atoms with Crippen LogP contribution in [0, 0.1) is 13.8 Å². The average Bonchev–Trinajstić information content (AvgIpc) is 2.91. The van der Waals surface area contributed by atoms with Gasteiger partial charge in [0.2, 0.25) is 11.9 Å². The van der Waals surface area contributed by atoms with Gasteiger partial charge in [-0.3, -0.25) is 4.79 Å². The zero-order valence-electron chi connectivity index (χ0n) is 13.0. The summed E-state index contributed by atoms with van der Waals surface area (Å²) in [5.41, 5.74) is 2.98. The fourth-order valence-corrected chi connectivity index (χ4v) is 2.66. The summed E-state index contributed by atoms with van der Waals surface area (Å²) >= 11 is 0. The van der Waals surface area contributed by atoms with Crippen molar-refractivity contribution in [3.63, 3.8) is 0 Å². The molecule has 2 aromatic rings. The summed E-state index contributed by atoms with van der Waals surface area (Å²) in [5.74, 6) is 0.654. The Balaban J connectivity index is 1.85. The standard InChI is InChI=1S/C15H20N6O/c1-9-6-17-15(18-10(9)2)19-11-4-5-13(22)20-14(11)12-7-16-8-21(12)3/h6-8,11,14H,4-5H2,1-3H3,(H,20,22)(H,17,18,19)/t11-,14-/m1/s1. The molecule has 1 saturated heterocycles. The molecule has 0 radical (unpaired) electrons. The molecule has 7 heteroatoms. The Morgan fingerprint density at radius 2 is 2.18 bits per heavy atom. The van der Waals surface area contributed by atoms with Gasteiger partial charge >= 0.3 is 0 Å². The summed E-state index contributed by atoms with van der Waals surface area (Å²) < 4.78 is 1.92. The Hall–Kier alpha value is -2.44. The molecule has 1 amide bonds. The number of imidazole rings is 1. The first-order chi connectivity index (χ1) is 10.5. The number of carbonyl (C=O) groups is 1. The van der Waals surface area contributed by atoms with Crippen molar-refractivity contribution in [3.05, 3.63) is 35.7 Å². The van der Waals surface area contributed by atoms with E-state index in [2.05, 4.69) is 25.6 Å². The fraction of sp³-hybridized carbons (Fsp3) is 0.467. The van der Waals surface area contributed by atoms with Gasteiger partial charge in [0.05, 0.1) is 30.3 Å². The van der Waals surface area contributed by atoms with E-state index in [0.29, 0.717) is 12.4 Å². The fourth-order valence-electron chi connectivity index (χ4n) is 2.66. The molecule has 116 valence electrons. The zero-order valence-corrected chi connectivity index (χ0v) is 13.0. The molecule has 3 heterocycles. The van der Waals surface area contributed by atoms with Crippen molar-refractivity contribution in [1.29, 1.82) is 0 Å². The van der Waals surface area contributed by atoms with Crippen LogP contribution in [0.3, 0.4) is 0 Å². The smallest absolute Gasteiger partial charge is 0.223 e. The Labute approximate surface area is 129 Å². The summed E-state index contributed by atoms with van der Waals surface area (Å²) in [6.45, 7) is 3.95. The van der Waals surface area contributed by atoms with Gasteiger partial charge in [-0.15, -0.1) is 0 Å². The van der Waals surface area contributed by atoms with Gasteiger partial charge in [0, 0.05) is 25.4 Å². The lowest BCUT2D eigenvalue weighted by Crippen LogP contribution is -2.46. The zero-order chi connectivity index (χ0) is 15.7. The van der Waals surface area contributed by atoms with Crippen molar-refractivity contribution >= 4 is 11.9 Å². The van der Waals surface area contributed by atoms with Crippen LogP contribution in [-0.2, 0) is 11.8 Å². The highest BCUT2D eigenvalue weighted by molar-refractivity contribution is 5.77. The van der Waals surface area contributed by atoms with Gasteiger partial charge in [-0.1, -0.05) is 0 Å². The van der Waals surface area contributed by atoms with Gasteiger partial charge in [-0.25, -0.2) is 15.0 Å². The lowest BCUT2D eigenvalue weighted by Gasteiger charge is -2.33. The van der Waals surface area contributed by atoms with Gasteiger partial charge < -0.3 is 15.2 Å². The largest absolute Gasteiger partial charge is 0.349 e. The number of anilines is 1. The lowest BCUT2D eigenvalue weighted by molar-refractivity contribution is -0.123. The first-order valence-corrected chi connectivity index (χ1v) is 7.37. The molecule has 0 aliphatic carbocycles. The molecule has 22 heavy (non-hydrogen) atoms. The third kappa shape index (κ3) is 2.79. The molecule has 0 aromatic carbocycles. The number of rotatable bonds is 3. The Morgan fingerprint density at radius 3 is 2.86 bits per heavy atom. The molecule has 0 saturated carbocycles. The Morgan fingerprint density at radius 1 is 1.36 bits per heavy atom. The quantitative estimate of drug-likeness (QED) is 0.891. The minimum absolute atomic E-state index is 0.0372. The van der Waals surface area contributed by atoms with Crippen molar-refractivity contribution in [2.75, 3.05) is 5.32 Å². The van der Waals surface area contributed by atoms with Gasteiger partial charge in [-0.05, 0) is 25.8 Å². The number of piperidine rings is 1. The van der Waals surface area contributed by atoms with Gasteiger partial charge in [0.25, 0.3) is 0 Å². The van der Waals surface area contributed by atoms with Crippen molar-refractivity contribution in [2.45, 2.75) is 38.8 Å². The molecule has 2 atom stereocenters. The second-order valence-corrected chi connectivity index (χ2v) is 5.73. The van der Waals surface area contributed by atoms with Crippen LogP contribution in [-0.4, -0.2) is 31.5 Å². The Bertz CT molecular complexity index is 695. The molecule has 1 aliphatic heterocycles. The second kappa shape index (κ2) is 5.75. The summed E-state index contributed by atoms with van der Waals surface area (Å²) in [4.78, 5) is 24.7. The number of nitrogens with zero attached hydrogens (tertiary/aromatic N) is 4. The molecule has 3 rings (SSSR count). The first kappa shape index (κ1) is 14.5. The molecule has 7 nitrogen and oxygen atoms in total. The molecule has 2 N–H and O–H groups in total. The number of hydrogen-bond donors (Lipinski definition) is 2. The summed E-state index contributed by atoms with van der Waals surface area (Å²) in [7, 11) is 1.92. The number of aromatic nitrogens is 4. The van der Waals surface area contributed by atoms with E-state index in [1.165, 1.54) is 0 Å². The molecule has 0 spiro atoms. The summed E-state index contributed by atoms with van der Waals surface area (Å²) in [6, 6.07) is -0.103. The minimum Gasteiger partial charge on any atom is -0.349 e. The third-order valence-electron chi connectivity index (χ3n) is 4.11. The van der Waals surface area contributed by atoms with Crippen molar-refractivity contribution < 1.29 is 4.79 Å². The molecule has 1 fully saturated rings. The number of aryl methyl sites for hydroxylation is 3. The van der Waals surface area contributed by atoms with Crippen LogP contribution in [0.1, 0.15) is 35.8 Å². The van der Waals surface area contributed by atoms with Crippen LogP contribution in [0.2, 0.25) is 0 Å². The maximum atomic E-state index is 11.8. The van der Waals surface area contributed by atoms with Gasteiger partial charge in [-0.2, -0.15) is 0 Å². The maximum Gasteiger partial charge on any atom is 0.223 e. The topological polar surface area (TPSA) is 84.7 Å². The normalized spacial score (nSPS) is 21.5. The van der Waals surface area contributed by atoms with Crippen molar-refractivity contribution in [3.8, 4) is 0 Å². The van der Waals surface area contributed by atoms with E-state index >= 15 is 0 Å². The summed E-state index contributed by atoms with van der Waals surface area (Å²) in [6.07, 6.45) is 6.56. The highest BCUT2D eigenvalue weighted by Crippen LogP contribution is 2.26. The minimum atomic E-state index is -0.140. The number of carbonyl (C=O) groups excluding carboxylic acids is 1. The average molecular weight is 300 g/mol. The predicted octanol–water partition coefficient (Wildman–Crippen LogP) is 1.26. The van der Waals surface area contributed by atoms with E-state index in [1.807, 2.05) is 31.7 Å². The van der Waals surface area contributed by atoms with E-state index in [4.69, 9.17) is 0 Å². The van der Waals surface area contributed by atoms with Crippen LogP contribution in [0.15, 0.2) is 18.7 Å². The SMILES string of the molecule is Cc1cnc(N[C@@H]2CCC(=O)N[C@H]2c2cncn2C)nc1C. The van der Waals surface area contributed by atoms with E-state index < -0.39 is 0 Å². The van der Waals surface area contributed by atoms with Crippen LogP contribution in [0.25, 0.3) is 0 Å². The third-order valence-corrected chi connectivity index (χ3v) is 4.11. The van der Waals surface area contributed by atoms with E-state index in [9.17, 15) is 4.79 Å². The number of nitrogens with one attached hydrogen (secondary N) is 2. The molecular weight excluding hydrogens is 280 g/mol. The predicted molar refractivity (Wildman–Crippen MR) is 82.2 cm³/mol. The van der Waals surface area contributed by atoms with Crippen LogP contribution in [0.4, 0.5) is 5.95 Å². The van der Waals surface area contributed by atoms with E-state index in [0.717, 1.165) is 23.4 Å². The van der Waals surface area contributed by atoms with Crippen LogP contribution < -0.4 is 10.6 Å². The lowest BCUT2D eigenvalue weighted by atomic mass is 9.95. The second-order valence-electron chi connectivity index (χ2n) is 5.73. The molecule has 0 bridgehead atoms. The maximum absolute atomic E-state index is 11.8. The van der Waals surface area contributed by atoms with Gasteiger partial charge in [0.15, 0.2) is 0 Å². The number of hydrogen-bond acceptors (Lipinski definition) is 5. The monoisotopic (exact) mass is 300 g/mol. The number of amides is 1. The molecule has 2 aromatic heterocycles. The van der Waals surface area contributed by atoms with Crippen molar-refractivity contribution in [1.82, 2.24) is 24.8 Å².